The molecule has 0 spiro atoms. The molecule has 0 fully saturated rings. The van der Waals surface area contributed by atoms with Crippen molar-refractivity contribution < 1.29 is 14.8 Å². The zero-order valence-corrected chi connectivity index (χ0v) is 13.8. The molecule has 24 heavy (non-hydrogen) atoms. The molecule has 0 saturated heterocycles. The predicted molar refractivity (Wildman–Crippen MR) is 92.9 cm³/mol. The minimum atomic E-state index is -0.382. The van der Waals surface area contributed by atoms with Gasteiger partial charge in [0, 0.05) is 25.1 Å². The van der Waals surface area contributed by atoms with Gasteiger partial charge in [-0.05, 0) is 36.9 Å². The Morgan fingerprint density at radius 3 is 2.62 bits per heavy atom. The van der Waals surface area contributed by atoms with Gasteiger partial charge in [-0.2, -0.15) is 0 Å². The van der Waals surface area contributed by atoms with E-state index in [0.717, 1.165) is 17.3 Å². The molecule has 2 aromatic rings. The minimum absolute atomic E-state index is 0.0835. The molecule has 0 aliphatic heterocycles. The molecule has 0 aliphatic carbocycles. The number of carbonyl (C=O) groups excluding carboxylic acids is 2. The van der Waals surface area contributed by atoms with Gasteiger partial charge >= 0.3 is 0 Å². The van der Waals surface area contributed by atoms with Crippen molar-refractivity contribution in [2.75, 3.05) is 26.7 Å². The highest BCUT2D eigenvalue weighted by atomic mass is 16.5. The van der Waals surface area contributed by atoms with Crippen molar-refractivity contribution in [2.45, 2.75) is 12.8 Å². The molecule has 3 N–H and O–H groups in total. The molecule has 0 saturated carbocycles. The number of hydroxylamine groups is 1. The Morgan fingerprint density at radius 1 is 1.08 bits per heavy atom. The molecule has 0 heterocycles. The maximum atomic E-state index is 12.4. The number of likely N-dealkylation sites (N-methyl/N-ethyl adjacent to an activating group) is 1. The Kier molecular flexibility index (Phi) is 6.72. The lowest BCUT2D eigenvalue weighted by Crippen LogP contribution is -2.33. The second kappa shape index (κ2) is 9.00. The van der Waals surface area contributed by atoms with Crippen LogP contribution < -0.4 is 10.8 Å². The molecule has 2 aromatic carbocycles. The highest BCUT2D eigenvalue weighted by Gasteiger charge is 2.09. The summed E-state index contributed by atoms with van der Waals surface area (Å²) in [5, 5.41) is 13.3. The molecule has 0 atom stereocenters. The summed E-state index contributed by atoms with van der Waals surface area (Å²) in [7, 11) is 1.93. The lowest BCUT2D eigenvalue weighted by Gasteiger charge is -2.16. The Bertz CT molecular complexity index is 697. The Balaban J connectivity index is 1.79. The number of rotatable bonds is 8. The van der Waals surface area contributed by atoms with E-state index in [0.29, 0.717) is 25.1 Å². The molecular weight excluding hydrogens is 306 g/mol. The molecule has 6 nitrogen and oxygen atoms in total. The number of amides is 2. The zero-order valence-electron chi connectivity index (χ0n) is 13.8. The van der Waals surface area contributed by atoms with Crippen molar-refractivity contribution in [1.82, 2.24) is 15.7 Å². The van der Waals surface area contributed by atoms with E-state index >= 15 is 0 Å². The van der Waals surface area contributed by atoms with Crippen molar-refractivity contribution in [3.63, 3.8) is 0 Å². The van der Waals surface area contributed by atoms with Crippen molar-refractivity contribution in [2.24, 2.45) is 0 Å². The van der Waals surface area contributed by atoms with Crippen LogP contribution in [0.15, 0.2) is 42.5 Å². The van der Waals surface area contributed by atoms with Crippen LogP contribution in [0.4, 0.5) is 0 Å². The Labute approximate surface area is 141 Å². The van der Waals surface area contributed by atoms with E-state index in [-0.39, 0.29) is 18.2 Å². The normalized spacial score (nSPS) is 10.8. The second-order valence-electron chi connectivity index (χ2n) is 5.72. The third kappa shape index (κ3) is 5.04. The van der Waals surface area contributed by atoms with Crippen molar-refractivity contribution in [3.8, 4) is 0 Å². The van der Waals surface area contributed by atoms with Crippen molar-refractivity contribution in [3.05, 3.63) is 48.0 Å². The number of fused-ring (bicyclic) bond motifs is 1. The number of nitrogens with zero attached hydrogens (tertiary/aromatic N) is 1. The van der Waals surface area contributed by atoms with E-state index < -0.39 is 0 Å². The Morgan fingerprint density at radius 2 is 1.83 bits per heavy atom. The lowest BCUT2D eigenvalue weighted by atomic mass is 10.0. The van der Waals surface area contributed by atoms with Gasteiger partial charge in [-0.15, -0.1) is 0 Å². The number of nitrogens with one attached hydrogen (secondary N) is 2. The summed E-state index contributed by atoms with van der Waals surface area (Å²) in [6.07, 6.45) is 0.934. The number of carbonyl (C=O) groups is 2. The van der Waals surface area contributed by atoms with Crippen LogP contribution in [-0.2, 0) is 4.79 Å². The van der Waals surface area contributed by atoms with Crippen LogP contribution in [0.2, 0.25) is 0 Å². The summed E-state index contributed by atoms with van der Waals surface area (Å²) in [5.41, 5.74) is 2.29. The standard InChI is InChI=1S/C18H23N3O3/c1-21(12-5-10-17(22)20-24)13-11-19-18(23)16-9-4-7-14-6-2-3-8-15(14)16/h2-4,6-9,24H,5,10-13H2,1H3,(H,19,23)(H,20,22). The molecule has 0 aliphatic rings. The summed E-state index contributed by atoms with van der Waals surface area (Å²) in [6, 6.07) is 13.5. The average Bonchev–Trinajstić information content (AvgIpc) is 2.60. The smallest absolute Gasteiger partial charge is 0.251 e. The number of hydrogen-bond donors (Lipinski definition) is 3. The maximum Gasteiger partial charge on any atom is 0.251 e. The molecule has 0 bridgehead atoms. The van der Waals surface area contributed by atoms with Crippen LogP contribution >= 0.6 is 0 Å². The quantitative estimate of drug-likeness (QED) is 0.509. The molecule has 2 rings (SSSR count). The van der Waals surface area contributed by atoms with Gasteiger partial charge < -0.3 is 10.2 Å². The first-order chi connectivity index (χ1) is 11.6. The first-order valence-electron chi connectivity index (χ1n) is 7.99. The van der Waals surface area contributed by atoms with Crippen LogP contribution in [0.3, 0.4) is 0 Å². The SMILES string of the molecule is CN(CCCC(=O)NO)CCNC(=O)c1cccc2ccccc12. The molecule has 0 unspecified atom stereocenters. The maximum absolute atomic E-state index is 12.4. The summed E-state index contributed by atoms with van der Waals surface area (Å²) in [6.45, 7) is 1.94. The summed E-state index contributed by atoms with van der Waals surface area (Å²) in [4.78, 5) is 25.3. The van der Waals surface area contributed by atoms with Gasteiger partial charge in [0.1, 0.15) is 0 Å². The fraction of sp³-hybridized carbons (Fsp3) is 0.333. The van der Waals surface area contributed by atoms with Gasteiger partial charge in [-0.3, -0.25) is 14.8 Å². The summed E-state index contributed by atoms with van der Waals surface area (Å²) in [5.74, 6) is -0.465. The topological polar surface area (TPSA) is 81.7 Å². The summed E-state index contributed by atoms with van der Waals surface area (Å²) >= 11 is 0. The first-order valence-corrected chi connectivity index (χ1v) is 7.99. The van der Waals surface area contributed by atoms with Crippen molar-refractivity contribution in [1.29, 1.82) is 0 Å². The van der Waals surface area contributed by atoms with E-state index in [1.165, 1.54) is 0 Å². The first kappa shape index (κ1) is 17.9. The second-order valence-corrected chi connectivity index (χ2v) is 5.72. The molecule has 0 radical (unpaired) electrons. The van der Waals surface area contributed by atoms with Gasteiger partial charge in [-0.1, -0.05) is 36.4 Å². The lowest BCUT2D eigenvalue weighted by molar-refractivity contribution is -0.129. The highest BCUT2D eigenvalue weighted by molar-refractivity contribution is 6.06. The van der Waals surface area contributed by atoms with Crippen LogP contribution in [0.1, 0.15) is 23.2 Å². The fourth-order valence-electron chi connectivity index (χ4n) is 2.56. The van der Waals surface area contributed by atoms with E-state index in [4.69, 9.17) is 5.21 Å². The van der Waals surface area contributed by atoms with Crippen LogP contribution in [0.25, 0.3) is 10.8 Å². The number of hydrogen-bond acceptors (Lipinski definition) is 4. The van der Waals surface area contributed by atoms with Gasteiger partial charge in [0.05, 0.1) is 0 Å². The van der Waals surface area contributed by atoms with Crippen molar-refractivity contribution >= 4 is 22.6 Å². The minimum Gasteiger partial charge on any atom is -0.351 e. The van der Waals surface area contributed by atoms with Gasteiger partial charge in [0.25, 0.3) is 5.91 Å². The van der Waals surface area contributed by atoms with Gasteiger partial charge in [-0.25, -0.2) is 5.48 Å². The fourth-order valence-corrected chi connectivity index (χ4v) is 2.56. The van der Waals surface area contributed by atoms with E-state index in [2.05, 4.69) is 5.32 Å². The highest BCUT2D eigenvalue weighted by Crippen LogP contribution is 2.18. The van der Waals surface area contributed by atoms with E-state index in [1.54, 1.807) is 5.48 Å². The monoisotopic (exact) mass is 329 g/mol. The van der Waals surface area contributed by atoms with E-state index in [9.17, 15) is 9.59 Å². The third-order valence-electron chi connectivity index (χ3n) is 3.88. The molecule has 128 valence electrons. The summed E-state index contributed by atoms with van der Waals surface area (Å²) < 4.78 is 0. The zero-order chi connectivity index (χ0) is 17.4. The third-order valence-corrected chi connectivity index (χ3v) is 3.88. The molecule has 6 heteroatoms. The number of benzene rings is 2. The largest absolute Gasteiger partial charge is 0.351 e. The molecular formula is C18H23N3O3. The van der Waals surface area contributed by atoms with Crippen LogP contribution in [0, 0.1) is 0 Å². The Hall–Kier alpha value is -2.44. The van der Waals surface area contributed by atoms with E-state index in [1.807, 2.05) is 54.4 Å². The molecule has 0 aromatic heterocycles. The van der Waals surface area contributed by atoms with Crippen LogP contribution in [0.5, 0.6) is 0 Å². The van der Waals surface area contributed by atoms with Gasteiger partial charge in [0.2, 0.25) is 5.91 Å². The van der Waals surface area contributed by atoms with Gasteiger partial charge in [0.15, 0.2) is 0 Å². The average molecular weight is 329 g/mol. The van der Waals surface area contributed by atoms with Crippen LogP contribution in [-0.4, -0.2) is 48.6 Å². The molecule has 2 amide bonds. The predicted octanol–water partition coefficient (Wildman–Crippen LogP) is 1.79.